The van der Waals surface area contributed by atoms with E-state index in [0.29, 0.717) is 22.4 Å². The van der Waals surface area contributed by atoms with Crippen molar-refractivity contribution in [1.29, 1.82) is 0 Å². The van der Waals surface area contributed by atoms with E-state index in [-0.39, 0.29) is 11.6 Å². The predicted molar refractivity (Wildman–Crippen MR) is 118 cm³/mol. The number of anilines is 1. The third-order valence-corrected chi connectivity index (χ3v) is 5.17. The number of nitrogens with zero attached hydrogens (tertiary/aromatic N) is 6. The fourth-order valence-corrected chi connectivity index (χ4v) is 3.63. The lowest BCUT2D eigenvalue weighted by Gasteiger charge is -2.13. The van der Waals surface area contributed by atoms with E-state index < -0.39 is 29.0 Å². The van der Waals surface area contributed by atoms with E-state index in [1.807, 2.05) is 0 Å². The summed E-state index contributed by atoms with van der Waals surface area (Å²) in [5.74, 6) is -0.999. The van der Waals surface area contributed by atoms with E-state index in [0.717, 1.165) is 12.1 Å². The maximum atomic E-state index is 13.4. The molecule has 0 radical (unpaired) electrons. The van der Waals surface area contributed by atoms with Crippen molar-refractivity contribution in [1.82, 2.24) is 29.5 Å². The van der Waals surface area contributed by atoms with Gasteiger partial charge in [0.1, 0.15) is 18.0 Å². The molecular weight excluding hydrogens is 466 g/mol. The lowest BCUT2D eigenvalue weighted by atomic mass is 10.1. The zero-order valence-electron chi connectivity index (χ0n) is 18.0. The zero-order chi connectivity index (χ0) is 24.7. The molecule has 1 amide bonds. The Morgan fingerprint density at radius 2 is 1.74 bits per heavy atom. The fourth-order valence-electron chi connectivity index (χ4n) is 3.63. The molecule has 0 aliphatic rings. The van der Waals surface area contributed by atoms with Crippen LogP contribution < -0.4 is 5.32 Å². The van der Waals surface area contributed by atoms with Crippen LogP contribution in [-0.4, -0.2) is 35.4 Å². The van der Waals surface area contributed by atoms with Gasteiger partial charge in [-0.15, -0.1) is 0 Å². The van der Waals surface area contributed by atoms with Gasteiger partial charge < -0.3 is 5.32 Å². The van der Waals surface area contributed by atoms with E-state index >= 15 is 0 Å². The van der Waals surface area contributed by atoms with Gasteiger partial charge in [-0.1, -0.05) is 12.1 Å². The van der Waals surface area contributed by atoms with E-state index in [9.17, 15) is 22.4 Å². The molecular formula is C23H15F4N7O. The molecule has 0 saturated heterocycles. The van der Waals surface area contributed by atoms with Gasteiger partial charge in [0.2, 0.25) is 0 Å². The minimum atomic E-state index is -4.70. The van der Waals surface area contributed by atoms with Crippen molar-refractivity contribution < 1.29 is 22.4 Å². The summed E-state index contributed by atoms with van der Waals surface area (Å²) in [6.45, 7) is 1.66. The molecule has 35 heavy (non-hydrogen) atoms. The first-order valence-electron chi connectivity index (χ1n) is 10.2. The largest absolute Gasteiger partial charge is 0.417 e. The number of rotatable bonds is 4. The van der Waals surface area contributed by atoms with Crippen molar-refractivity contribution in [3.05, 3.63) is 89.8 Å². The summed E-state index contributed by atoms with van der Waals surface area (Å²) in [5.41, 5.74) is -0.149. The van der Waals surface area contributed by atoms with Crippen molar-refractivity contribution in [2.24, 2.45) is 0 Å². The summed E-state index contributed by atoms with van der Waals surface area (Å²) in [7, 11) is 0. The molecule has 0 bridgehead atoms. The lowest BCUT2D eigenvalue weighted by Crippen LogP contribution is -2.20. The standard InChI is InChI=1S/C23H15F4N7O/c1-13-10-19(31-22(35)16-4-2-3-5-18(16)23(25,26)27)34(32-13)21-17-11-30-33(20(17)28-12-29-21)15-8-6-14(24)7-9-15/h2-12H,1H3,(H,31,35). The smallest absolute Gasteiger partial charge is 0.306 e. The molecule has 0 aliphatic carbocycles. The molecule has 0 fully saturated rings. The summed E-state index contributed by atoms with van der Waals surface area (Å²) in [6.07, 6.45) is -1.95. The Labute approximate surface area is 194 Å². The van der Waals surface area contributed by atoms with Crippen LogP contribution in [0.3, 0.4) is 0 Å². The molecule has 176 valence electrons. The van der Waals surface area contributed by atoms with Crippen LogP contribution in [0.1, 0.15) is 21.6 Å². The van der Waals surface area contributed by atoms with Crippen LogP contribution in [0.4, 0.5) is 23.4 Å². The van der Waals surface area contributed by atoms with Crippen LogP contribution in [0, 0.1) is 12.7 Å². The van der Waals surface area contributed by atoms with E-state index in [1.54, 1.807) is 6.92 Å². The fraction of sp³-hybridized carbons (Fsp3) is 0.0870. The summed E-state index contributed by atoms with van der Waals surface area (Å²) >= 11 is 0. The molecule has 3 heterocycles. The number of hydrogen-bond donors (Lipinski definition) is 1. The number of fused-ring (bicyclic) bond motifs is 1. The highest BCUT2D eigenvalue weighted by Crippen LogP contribution is 2.32. The number of halogens is 4. The van der Waals surface area contributed by atoms with E-state index in [4.69, 9.17) is 0 Å². The Hall–Kier alpha value is -4.61. The monoisotopic (exact) mass is 481 g/mol. The van der Waals surface area contributed by atoms with Gasteiger partial charge in [0.15, 0.2) is 11.5 Å². The summed E-state index contributed by atoms with van der Waals surface area (Å²) in [5, 5.41) is 11.6. The molecule has 0 atom stereocenters. The maximum Gasteiger partial charge on any atom is 0.417 e. The minimum absolute atomic E-state index is 0.110. The third-order valence-electron chi connectivity index (χ3n) is 5.17. The molecule has 3 aromatic heterocycles. The highest BCUT2D eigenvalue weighted by molar-refractivity contribution is 6.05. The van der Waals surface area contributed by atoms with Crippen molar-refractivity contribution in [3.8, 4) is 11.5 Å². The Kier molecular flexibility index (Phi) is 5.27. The first kappa shape index (κ1) is 22.2. The molecule has 0 aliphatic heterocycles. The molecule has 2 aromatic carbocycles. The normalized spacial score (nSPS) is 11.7. The van der Waals surface area contributed by atoms with Crippen molar-refractivity contribution in [2.75, 3.05) is 5.32 Å². The van der Waals surface area contributed by atoms with Gasteiger partial charge in [0.25, 0.3) is 5.91 Å². The minimum Gasteiger partial charge on any atom is -0.306 e. The Morgan fingerprint density at radius 1 is 1.00 bits per heavy atom. The zero-order valence-corrected chi connectivity index (χ0v) is 18.0. The predicted octanol–water partition coefficient (Wildman–Crippen LogP) is 4.72. The van der Waals surface area contributed by atoms with Crippen LogP contribution in [0.2, 0.25) is 0 Å². The Bertz CT molecular complexity index is 1550. The molecule has 12 heteroatoms. The molecule has 8 nitrogen and oxygen atoms in total. The molecule has 5 aromatic rings. The number of alkyl halides is 3. The van der Waals surface area contributed by atoms with E-state index in [2.05, 4.69) is 25.5 Å². The molecule has 1 N–H and O–H groups in total. The van der Waals surface area contributed by atoms with Crippen molar-refractivity contribution in [2.45, 2.75) is 13.1 Å². The number of carbonyl (C=O) groups excluding carboxylic acids is 1. The van der Waals surface area contributed by atoms with Crippen LogP contribution in [0.25, 0.3) is 22.5 Å². The number of aromatic nitrogens is 6. The second kappa shape index (κ2) is 8.31. The van der Waals surface area contributed by atoms with Gasteiger partial charge in [0, 0.05) is 6.07 Å². The second-order valence-electron chi connectivity index (χ2n) is 7.55. The van der Waals surface area contributed by atoms with Gasteiger partial charge >= 0.3 is 6.18 Å². The number of aryl methyl sites for hydroxylation is 1. The van der Waals surface area contributed by atoms with Crippen molar-refractivity contribution >= 4 is 22.8 Å². The first-order valence-corrected chi connectivity index (χ1v) is 10.2. The van der Waals surface area contributed by atoms with Crippen LogP contribution in [0.15, 0.2) is 67.1 Å². The average Bonchev–Trinajstić information content (AvgIpc) is 3.42. The Morgan fingerprint density at radius 3 is 2.49 bits per heavy atom. The summed E-state index contributed by atoms with van der Waals surface area (Å²) in [6, 6.07) is 11.6. The quantitative estimate of drug-likeness (QED) is 0.375. The molecule has 0 spiro atoms. The number of benzene rings is 2. The van der Waals surface area contributed by atoms with Crippen molar-refractivity contribution in [3.63, 3.8) is 0 Å². The van der Waals surface area contributed by atoms with Crippen LogP contribution in [0.5, 0.6) is 0 Å². The summed E-state index contributed by atoms with van der Waals surface area (Å²) in [4.78, 5) is 21.3. The number of hydrogen-bond acceptors (Lipinski definition) is 5. The number of nitrogens with one attached hydrogen (secondary N) is 1. The van der Waals surface area contributed by atoms with Gasteiger partial charge in [-0.3, -0.25) is 4.79 Å². The van der Waals surface area contributed by atoms with Gasteiger partial charge in [-0.05, 0) is 43.3 Å². The highest BCUT2D eigenvalue weighted by Gasteiger charge is 2.35. The topological polar surface area (TPSA) is 90.5 Å². The summed E-state index contributed by atoms with van der Waals surface area (Å²) < 4.78 is 56.3. The van der Waals surface area contributed by atoms with Gasteiger partial charge in [-0.25, -0.2) is 19.0 Å². The maximum absolute atomic E-state index is 13.4. The lowest BCUT2D eigenvalue weighted by molar-refractivity contribution is -0.137. The highest BCUT2D eigenvalue weighted by atomic mass is 19.4. The van der Waals surface area contributed by atoms with E-state index in [1.165, 1.54) is 64.4 Å². The van der Waals surface area contributed by atoms with Crippen LogP contribution in [-0.2, 0) is 6.18 Å². The SMILES string of the molecule is Cc1cc(NC(=O)c2ccccc2C(F)(F)F)n(-c2ncnc3c2cnn3-c2ccc(F)cc2)n1. The second-order valence-corrected chi connectivity index (χ2v) is 7.55. The third kappa shape index (κ3) is 4.09. The van der Waals surface area contributed by atoms with Gasteiger partial charge in [0.05, 0.1) is 34.1 Å². The van der Waals surface area contributed by atoms with Crippen LogP contribution >= 0.6 is 0 Å². The Balaban J connectivity index is 1.56. The number of amides is 1. The average molecular weight is 481 g/mol. The first-order chi connectivity index (χ1) is 16.7. The molecule has 0 unspecified atom stereocenters. The molecule has 0 saturated carbocycles. The number of carbonyl (C=O) groups is 1. The molecule has 5 rings (SSSR count). The van der Waals surface area contributed by atoms with Gasteiger partial charge in [-0.2, -0.15) is 28.1 Å².